The first kappa shape index (κ1) is 17.2. The molecule has 1 fully saturated rings. The summed E-state index contributed by atoms with van der Waals surface area (Å²) in [5.41, 5.74) is 6.38. The number of carbonyl (C=O) groups is 3. The van der Waals surface area contributed by atoms with Gasteiger partial charge in [0.2, 0.25) is 0 Å². The van der Waals surface area contributed by atoms with Gasteiger partial charge in [0.1, 0.15) is 17.1 Å². The second-order valence-electron chi connectivity index (χ2n) is 5.29. The lowest BCUT2D eigenvalue weighted by molar-refractivity contribution is -0.150. The van der Waals surface area contributed by atoms with Crippen LogP contribution < -0.4 is 11.1 Å². The summed E-state index contributed by atoms with van der Waals surface area (Å²) in [5.74, 6) is -1.82. The van der Waals surface area contributed by atoms with Crippen LogP contribution in [0.2, 0.25) is 0 Å². The van der Waals surface area contributed by atoms with Crippen molar-refractivity contribution in [3.8, 4) is 0 Å². The number of carboxylic acids is 1. The van der Waals surface area contributed by atoms with Crippen LogP contribution in [0.1, 0.15) is 5.69 Å². The highest BCUT2D eigenvalue weighted by molar-refractivity contribution is 8.00. The van der Waals surface area contributed by atoms with E-state index in [1.54, 1.807) is 5.38 Å². The molecular formula is C15H14N4O4S2. The van der Waals surface area contributed by atoms with Gasteiger partial charge in [0.25, 0.3) is 11.8 Å². The Labute approximate surface area is 151 Å². The van der Waals surface area contributed by atoms with Crippen molar-refractivity contribution < 1.29 is 19.5 Å². The summed E-state index contributed by atoms with van der Waals surface area (Å²) in [4.78, 5) is 41.3. The Balaban J connectivity index is 1.75. The molecular weight excluding hydrogens is 364 g/mol. The first-order valence-corrected chi connectivity index (χ1v) is 9.02. The van der Waals surface area contributed by atoms with Gasteiger partial charge in [0, 0.05) is 11.1 Å². The molecule has 25 heavy (non-hydrogen) atoms. The summed E-state index contributed by atoms with van der Waals surface area (Å²) in [6, 6.07) is -0.814. The number of carboxylic acid groups (broad SMARTS) is 1. The SMILES string of the molecule is C=CC1=C(C(=O)O)N2C(=O)[C@@H](NC(=O)C(=C)c3csc(N)n3)[C@H]2SC1. The molecule has 10 heteroatoms. The number of β-lactam (4-membered cyclic amide) rings is 1. The summed E-state index contributed by atoms with van der Waals surface area (Å²) in [5, 5.41) is 13.4. The van der Waals surface area contributed by atoms with Crippen molar-refractivity contribution in [2.24, 2.45) is 0 Å². The van der Waals surface area contributed by atoms with Gasteiger partial charge >= 0.3 is 5.97 Å². The molecule has 1 aromatic heterocycles. The Kier molecular flexibility index (Phi) is 4.39. The molecule has 2 amide bonds. The number of fused-ring (bicyclic) bond motifs is 1. The second kappa shape index (κ2) is 6.37. The Morgan fingerprint density at radius 1 is 1.52 bits per heavy atom. The van der Waals surface area contributed by atoms with E-state index >= 15 is 0 Å². The molecule has 0 radical (unpaired) electrons. The topological polar surface area (TPSA) is 126 Å². The van der Waals surface area contributed by atoms with Gasteiger partial charge in [-0.3, -0.25) is 14.5 Å². The Morgan fingerprint density at radius 3 is 2.80 bits per heavy atom. The number of nitrogens with one attached hydrogen (secondary N) is 1. The van der Waals surface area contributed by atoms with Crippen LogP contribution in [-0.4, -0.2) is 49.9 Å². The number of nitrogens with zero attached hydrogens (tertiary/aromatic N) is 2. The fraction of sp³-hybridized carbons (Fsp3) is 0.200. The van der Waals surface area contributed by atoms with E-state index < -0.39 is 29.2 Å². The summed E-state index contributed by atoms with van der Waals surface area (Å²) in [6.07, 6.45) is 1.43. The maximum atomic E-state index is 12.4. The van der Waals surface area contributed by atoms with Gasteiger partial charge in [-0.1, -0.05) is 19.2 Å². The molecule has 1 aromatic rings. The number of nitrogen functional groups attached to an aromatic ring is 1. The van der Waals surface area contributed by atoms with E-state index in [0.29, 0.717) is 22.2 Å². The largest absolute Gasteiger partial charge is 0.477 e. The normalized spacial score (nSPS) is 22.1. The quantitative estimate of drug-likeness (QED) is 0.508. The predicted octanol–water partition coefficient (Wildman–Crippen LogP) is 0.663. The standard InChI is InChI=1S/C15H14N4O4S2/c1-3-7-4-24-13-9(12(21)19(13)10(7)14(22)23)18-11(20)6(2)8-5-25-15(16)17-8/h3,5,9,13H,1-2,4H2,(H2,16,17)(H,18,20)(H,22,23)/t9-,13-/m1/s1. The molecule has 0 aliphatic carbocycles. The van der Waals surface area contributed by atoms with E-state index in [1.807, 2.05) is 0 Å². The van der Waals surface area contributed by atoms with E-state index in [0.717, 1.165) is 0 Å². The number of allylic oxidation sites excluding steroid dienone is 1. The molecule has 0 saturated carbocycles. The molecule has 3 heterocycles. The van der Waals surface area contributed by atoms with Crippen molar-refractivity contribution in [2.45, 2.75) is 11.4 Å². The number of hydrogen-bond donors (Lipinski definition) is 3. The van der Waals surface area contributed by atoms with Crippen LogP contribution in [0, 0.1) is 0 Å². The molecule has 1 saturated heterocycles. The minimum atomic E-state index is -1.19. The fourth-order valence-electron chi connectivity index (χ4n) is 2.57. The zero-order valence-electron chi connectivity index (χ0n) is 12.9. The molecule has 2 atom stereocenters. The number of carbonyl (C=O) groups excluding carboxylic acids is 2. The Bertz CT molecular complexity index is 844. The van der Waals surface area contributed by atoms with Crippen LogP contribution in [-0.2, 0) is 14.4 Å². The van der Waals surface area contributed by atoms with Crippen LogP contribution in [0.3, 0.4) is 0 Å². The van der Waals surface area contributed by atoms with Crippen LogP contribution in [0.15, 0.2) is 35.9 Å². The third-order valence-electron chi connectivity index (χ3n) is 3.84. The van der Waals surface area contributed by atoms with Crippen molar-refractivity contribution in [1.29, 1.82) is 0 Å². The van der Waals surface area contributed by atoms with Crippen molar-refractivity contribution in [2.75, 3.05) is 11.5 Å². The van der Waals surface area contributed by atoms with E-state index in [9.17, 15) is 19.5 Å². The molecule has 3 rings (SSSR count). The van der Waals surface area contributed by atoms with E-state index in [4.69, 9.17) is 5.73 Å². The monoisotopic (exact) mass is 378 g/mol. The highest BCUT2D eigenvalue weighted by atomic mass is 32.2. The minimum absolute atomic E-state index is 0.0830. The van der Waals surface area contributed by atoms with Crippen molar-refractivity contribution in [1.82, 2.24) is 15.2 Å². The number of aromatic nitrogens is 1. The first-order chi connectivity index (χ1) is 11.8. The lowest BCUT2D eigenvalue weighted by Crippen LogP contribution is -2.70. The summed E-state index contributed by atoms with van der Waals surface area (Å²) in [6.45, 7) is 7.26. The fourth-order valence-corrected chi connectivity index (χ4v) is 4.49. The molecule has 8 nitrogen and oxygen atoms in total. The van der Waals surface area contributed by atoms with Gasteiger partial charge in [-0.15, -0.1) is 23.1 Å². The van der Waals surface area contributed by atoms with Crippen molar-refractivity contribution in [3.63, 3.8) is 0 Å². The highest BCUT2D eigenvalue weighted by Gasteiger charge is 2.54. The molecule has 0 spiro atoms. The number of nitrogens with two attached hydrogens (primary N) is 1. The van der Waals surface area contributed by atoms with Gasteiger partial charge in [0.05, 0.1) is 11.3 Å². The Morgan fingerprint density at radius 2 is 2.24 bits per heavy atom. The van der Waals surface area contributed by atoms with E-state index in [2.05, 4.69) is 23.5 Å². The van der Waals surface area contributed by atoms with Crippen molar-refractivity contribution >= 4 is 51.6 Å². The van der Waals surface area contributed by atoms with Gasteiger partial charge in [-0.05, 0) is 5.57 Å². The number of amides is 2. The van der Waals surface area contributed by atoms with E-state index in [-0.39, 0.29) is 11.3 Å². The average molecular weight is 378 g/mol. The summed E-state index contributed by atoms with van der Waals surface area (Å²) >= 11 is 2.55. The molecule has 4 N–H and O–H groups in total. The summed E-state index contributed by atoms with van der Waals surface area (Å²) in [7, 11) is 0. The number of hydrogen-bond acceptors (Lipinski definition) is 7. The van der Waals surface area contributed by atoms with Crippen LogP contribution in [0.4, 0.5) is 5.13 Å². The van der Waals surface area contributed by atoms with Gasteiger partial charge < -0.3 is 16.2 Å². The molecule has 2 aliphatic heterocycles. The average Bonchev–Trinajstić information content (AvgIpc) is 3.03. The maximum Gasteiger partial charge on any atom is 0.352 e. The first-order valence-electron chi connectivity index (χ1n) is 7.09. The number of anilines is 1. The van der Waals surface area contributed by atoms with Crippen LogP contribution in [0.5, 0.6) is 0 Å². The van der Waals surface area contributed by atoms with Crippen LogP contribution >= 0.6 is 23.1 Å². The Hall–Kier alpha value is -2.59. The maximum absolute atomic E-state index is 12.4. The predicted molar refractivity (Wildman–Crippen MR) is 95.4 cm³/mol. The van der Waals surface area contributed by atoms with Gasteiger partial charge in [0.15, 0.2) is 5.13 Å². The number of thioether (sulfide) groups is 1. The number of rotatable bonds is 5. The molecule has 2 aliphatic rings. The lowest BCUT2D eigenvalue weighted by atomic mass is 10.0. The molecule has 130 valence electrons. The van der Waals surface area contributed by atoms with Crippen LogP contribution in [0.25, 0.3) is 5.57 Å². The van der Waals surface area contributed by atoms with Crippen molar-refractivity contribution in [3.05, 3.63) is 41.6 Å². The zero-order valence-corrected chi connectivity index (χ0v) is 14.5. The molecule has 0 unspecified atom stereocenters. The highest BCUT2D eigenvalue weighted by Crippen LogP contribution is 2.40. The zero-order chi connectivity index (χ0) is 18.3. The summed E-state index contributed by atoms with van der Waals surface area (Å²) < 4.78 is 0. The third kappa shape index (κ3) is 2.83. The molecule has 0 bridgehead atoms. The number of aliphatic carboxylic acids is 1. The number of thiazole rings is 1. The smallest absolute Gasteiger partial charge is 0.352 e. The third-order valence-corrected chi connectivity index (χ3v) is 5.81. The second-order valence-corrected chi connectivity index (χ2v) is 7.29. The van der Waals surface area contributed by atoms with Gasteiger partial charge in [-0.25, -0.2) is 9.78 Å². The lowest BCUT2D eigenvalue weighted by Gasteiger charge is -2.49. The van der Waals surface area contributed by atoms with E-state index in [1.165, 1.54) is 34.1 Å². The molecule has 0 aromatic carbocycles. The minimum Gasteiger partial charge on any atom is -0.477 e. The van der Waals surface area contributed by atoms with Gasteiger partial charge in [-0.2, -0.15) is 0 Å².